The number of carbonyl (C=O) groups is 1. The van der Waals surface area contributed by atoms with Gasteiger partial charge in [-0.2, -0.15) is 0 Å². The van der Waals surface area contributed by atoms with Crippen LogP contribution in [0.5, 0.6) is 0 Å². The molecular weight excluding hydrogens is 240 g/mol. The molecule has 1 aliphatic rings. The van der Waals surface area contributed by atoms with E-state index < -0.39 is 0 Å². The molecule has 2 heterocycles. The Morgan fingerprint density at radius 3 is 3.05 bits per heavy atom. The lowest BCUT2D eigenvalue weighted by molar-refractivity contribution is 0.0784. The number of nitrogens with zero attached hydrogens (tertiary/aromatic N) is 2. The van der Waals surface area contributed by atoms with Gasteiger partial charge in [0.2, 0.25) is 0 Å². The molecule has 0 spiro atoms. The van der Waals surface area contributed by atoms with Gasteiger partial charge >= 0.3 is 0 Å². The van der Waals surface area contributed by atoms with Gasteiger partial charge in [0.25, 0.3) is 5.91 Å². The normalized spacial score (nSPS) is 19.0. The number of benzene rings is 1. The molecule has 2 aromatic rings. The van der Waals surface area contributed by atoms with E-state index in [4.69, 9.17) is 5.11 Å². The fraction of sp³-hybridized carbons (Fsp3) is 0.333. The summed E-state index contributed by atoms with van der Waals surface area (Å²) in [6, 6.07) is 9.39. The van der Waals surface area contributed by atoms with Crippen molar-refractivity contribution in [3.63, 3.8) is 0 Å². The lowest BCUT2D eigenvalue weighted by atomic mass is 10.1. The number of likely N-dealkylation sites (tertiary alicyclic amines) is 1. The smallest absolute Gasteiger partial charge is 0.254 e. The van der Waals surface area contributed by atoms with Gasteiger partial charge in [0.1, 0.15) is 0 Å². The summed E-state index contributed by atoms with van der Waals surface area (Å²) in [4.78, 5) is 18.6. The van der Waals surface area contributed by atoms with E-state index in [1.54, 1.807) is 6.20 Å². The van der Waals surface area contributed by atoms with Crippen molar-refractivity contribution in [2.75, 3.05) is 19.7 Å². The van der Waals surface area contributed by atoms with Crippen LogP contribution >= 0.6 is 0 Å². The highest BCUT2D eigenvalue weighted by atomic mass is 16.3. The Kier molecular flexibility index (Phi) is 3.17. The molecule has 1 atom stereocenters. The van der Waals surface area contributed by atoms with Crippen molar-refractivity contribution in [2.24, 2.45) is 5.92 Å². The number of aromatic nitrogens is 1. The van der Waals surface area contributed by atoms with E-state index in [-0.39, 0.29) is 18.4 Å². The summed E-state index contributed by atoms with van der Waals surface area (Å²) < 4.78 is 0. The van der Waals surface area contributed by atoms with Crippen LogP contribution in [0.3, 0.4) is 0 Å². The van der Waals surface area contributed by atoms with Crippen LogP contribution in [0.25, 0.3) is 10.9 Å². The van der Waals surface area contributed by atoms with Gasteiger partial charge in [0, 0.05) is 42.8 Å². The summed E-state index contributed by atoms with van der Waals surface area (Å²) >= 11 is 0. The number of amides is 1. The van der Waals surface area contributed by atoms with Gasteiger partial charge in [0.15, 0.2) is 0 Å². The molecule has 0 aliphatic carbocycles. The second-order valence-corrected chi connectivity index (χ2v) is 4.96. The maximum Gasteiger partial charge on any atom is 0.254 e. The summed E-state index contributed by atoms with van der Waals surface area (Å²) in [5.74, 6) is 0.256. The number of carbonyl (C=O) groups excluding carboxylic acids is 1. The predicted molar refractivity (Wildman–Crippen MR) is 72.8 cm³/mol. The number of fused-ring (bicyclic) bond motifs is 1. The molecule has 1 aromatic carbocycles. The van der Waals surface area contributed by atoms with Crippen LogP contribution in [0.4, 0.5) is 0 Å². The van der Waals surface area contributed by atoms with E-state index in [1.165, 1.54) is 0 Å². The van der Waals surface area contributed by atoms with E-state index >= 15 is 0 Å². The molecule has 3 rings (SSSR count). The van der Waals surface area contributed by atoms with E-state index in [0.29, 0.717) is 12.1 Å². The molecule has 4 heteroatoms. The molecule has 1 amide bonds. The summed E-state index contributed by atoms with van der Waals surface area (Å²) in [6.45, 7) is 1.52. The van der Waals surface area contributed by atoms with Gasteiger partial charge < -0.3 is 10.0 Å². The highest BCUT2D eigenvalue weighted by Gasteiger charge is 2.27. The van der Waals surface area contributed by atoms with Crippen LogP contribution in [-0.4, -0.2) is 40.6 Å². The summed E-state index contributed by atoms with van der Waals surface area (Å²) in [5.41, 5.74) is 1.54. The van der Waals surface area contributed by atoms with E-state index in [9.17, 15) is 4.79 Å². The zero-order valence-corrected chi connectivity index (χ0v) is 10.6. The summed E-state index contributed by atoms with van der Waals surface area (Å²) in [6.07, 6.45) is 2.61. The molecule has 1 saturated heterocycles. The Bertz CT molecular complexity index is 607. The number of aliphatic hydroxyl groups is 1. The molecule has 1 fully saturated rings. The first-order chi connectivity index (χ1) is 9.29. The minimum atomic E-state index is 0.0366. The Balaban J connectivity index is 1.94. The van der Waals surface area contributed by atoms with Gasteiger partial charge in [-0.1, -0.05) is 12.1 Å². The van der Waals surface area contributed by atoms with E-state index in [1.807, 2.05) is 35.2 Å². The van der Waals surface area contributed by atoms with Gasteiger partial charge in [-0.3, -0.25) is 9.78 Å². The first-order valence-corrected chi connectivity index (χ1v) is 6.53. The molecule has 0 bridgehead atoms. The molecule has 98 valence electrons. The summed E-state index contributed by atoms with van der Waals surface area (Å²) in [7, 11) is 0. The fourth-order valence-corrected chi connectivity index (χ4v) is 2.63. The number of rotatable bonds is 2. The van der Waals surface area contributed by atoms with Crippen molar-refractivity contribution in [3.8, 4) is 0 Å². The molecule has 1 N–H and O–H groups in total. The number of pyridine rings is 1. The Labute approximate surface area is 111 Å². The van der Waals surface area contributed by atoms with Crippen LogP contribution in [0.15, 0.2) is 36.5 Å². The zero-order chi connectivity index (χ0) is 13.2. The second kappa shape index (κ2) is 4.97. The predicted octanol–water partition coefficient (Wildman–Crippen LogP) is 1.69. The third-order valence-corrected chi connectivity index (χ3v) is 3.71. The van der Waals surface area contributed by atoms with Gasteiger partial charge in [-0.05, 0) is 24.6 Å². The minimum absolute atomic E-state index is 0.0366. The number of aliphatic hydroxyl groups excluding tert-OH is 1. The standard InChI is InChI=1S/C15H16N2O2/c18-10-11-6-8-17(9-11)15(19)13-3-1-5-14-12(13)4-2-7-16-14/h1-5,7,11,18H,6,8-10H2. The maximum absolute atomic E-state index is 12.5. The molecular formula is C15H16N2O2. The maximum atomic E-state index is 12.5. The molecule has 0 saturated carbocycles. The Morgan fingerprint density at radius 1 is 1.37 bits per heavy atom. The minimum Gasteiger partial charge on any atom is -0.396 e. The SMILES string of the molecule is O=C(c1cccc2ncccc12)N1CCC(CO)C1. The highest BCUT2D eigenvalue weighted by Crippen LogP contribution is 2.22. The van der Waals surface area contributed by atoms with Gasteiger partial charge in [0.05, 0.1) is 5.52 Å². The average molecular weight is 256 g/mol. The zero-order valence-electron chi connectivity index (χ0n) is 10.6. The Hall–Kier alpha value is -1.94. The quantitative estimate of drug-likeness (QED) is 0.889. The van der Waals surface area contributed by atoms with Crippen LogP contribution in [0.1, 0.15) is 16.8 Å². The van der Waals surface area contributed by atoms with E-state index in [2.05, 4.69) is 4.98 Å². The molecule has 19 heavy (non-hydrogen) atoms. The first kappa shape index (κ1) is 12.1. The van der Waals surface area contributed by atoms with Crippen LogP contribution in [0.2, 0.25) is 0 Å². The van der Waals surface area contributed by atoms with Crippen molar-refractivity contribution < 1.29 is 9.90 Å². The molecule has 4 nitrogen and oxygen atoms in total. The third kappa shape index (κ3) is 2.19. The molecule has 1 aliphatic heterocycles. The van der Waals surface area contributed by atoms with Crippen LogP contribution in [0, 0.1) is 5.92 Å². The van der Waals surface area contributed by atoms with Crippen molar-refractivity contribution in [1.29, 1.82) is 0 Å². The van der Waals surface area contributed by atoms with E-state index in [0.717, 1.165) is 23.9 Å². The van der Waals surface area contributed by atoms with Crippen molar-refractivity contribution in [3.05, 3.63) is 42.1 Å². The molecule has 1 aromatic heterocycles. The monoisotopic (exact) mass is 256 g/mol. The lowest BCUT2D eigenvalue weighted by Crippen LogP contribution is -2.29. The largest absolute Gasteiger partial charge is 0.396 e. The fourth-order valence-electron chi connectivity index (χ4n) is 2.63. The van der Waals surface area contributed by atoms with Gasteiger partial charge in [-0.15, -0.1) is 0 Å². The van der Waals surface area contributed by atoms with Crippen LogP contribution < -0.4 is 0 Å². The third-order valence-electron chi connectivity index (χ3n) is 3.71. The van der Waals surface area contributed by atoms with Crippen molar-refractivity contribution in [1.82, 2.24) is 9.88 Å². The van der Waals surface area contributed by atoms with Gasteiger partial charge in [-0.25, -0.2) is 0 Å². The second-order valence-electron chi connectivity index (χ2n) is 4.96. The van der Waals surface area contributed by atoms with Crippen LogP contribution in [-0.2, 0) is 0 Å². The topological polar surface area (TPSA) is 53.4 Å². The molecule has 0 radical (unpaired) electrons. The van der Waals surface area contributed by atoms with Crippen molar-refractivity contribution in [2.45, 2.75) is 6.42 Å². The number of hydrogen-bond donors (Lipinski definition) is 1. The van der Waals surface area contributed by atoms with Crippen molar-refractivity contribution >= 4 is 16.8 Å². The first-order valence-electron chi connectivity index (χ1n) is 6.53. The highest BCUT2D eigenvalue weighted by molar-refractivity contribution is 6.06. The average Bonchev–Trinajstić information content (AvgIpc) is 2.95. The summed E-state index contributed by atoms with van der Waals surface area (Å²) in [5, 5.41) is 10.1. The lowest BCUT2D eigenvalue weighted by Gasteiger charge is -2.17. The molecule has 1 unspecified atom stereocenters. The Morgan fingerprint density at radius 2 is 2.26 bits per heavy atom. The number of hydrogen-bond acceptors (Lipinski definition) is 3.